The highest BCUT2D eigenvalue weighted by molar-refractivity contribution is 5.30. The van der Waals surface area contributed by atoms with Crippen LogP contribution in [0.25, 0.3) is 0 Å². The fraction of sp³-hybridized carbons (Fsp3) is 0.250. The van der Waals surface area contributed by atoms with Crippen LogP contribution >= 0.6 is 0 Å². The van der Waals surface area contributed by atoms with Crippen molar-refractivity contribution in [2.45, 2.75) is 25.9 Å². The molecule has 0 amide bonds. The molecule has 0 spiro atoms. The van der Waals surface area contributed by atoms with E-state index >= 15 is 0 Å². The molecule has 19 heavy (non-hydrogen) atoms. The molecule has 0 saturated heterocycles. The Morgan fingerprint density at radius 2 is 1.84 bits per heavy atom. The van der Waals surface area contributed by atoms with Crippen molar-refractivity contribution in [1.29, 1.82) is 0 Å². The van der Waals surface area contributed by atoms with E-state index in [1.807, 2.05) is 0 Å². The van der Waals surface area contributed by atoms with E-state index < -0.39 is 5.60 Å². The highest BCUT2D eigenvalue weighted by Gasteiger charge is 2.24. The first kappa shape index (κ1) is 13.7. The molecule has 1 nitrogen and oxygen atoms in total. The summed E-state index contributed by atoms with van der Waals surface area (Å²) < 4.78 is 26.4. The van der Waals surface area contributed by atoms with Crippen LogP contribution in [0.4, 0.5) is 8.78 Å². The van der Waals surface area contributed by atoms with Crippen molar-refractivity contribution in [2.24, 2.45) is 0 Å². The second kappa shape index (κ2) is 5.10. The molecule has 0 fully saturated rings. The maximum atomic E-state index is 13.2. The Labute approximate surface area is 111 Å². The minimum Gasteiger partial charge on any atom is -0.385 e. The number of aryl methyl sites for hydroxylation is 1. The molecule has 1 unspecified atom stereocenters. The van der Waals surface area contributed by atoms with E-state index in [4.69, 9.17) is 0 Å². The lowest BCUT2D eigenvalue weighted by Gasteiger charge is -2.24. The molecule has 2 aromatic rings. The van der Waals surface area contributed by atoms with Crippen LogP contribution in [0.15, 0.2) is 42.5 Å². The summed E-state index contributed by atoms with van der Waals surface area (Å²) >= 11 is 0. The Bertz CT molecular complexity index is 591. The monoisotopic (exact) mass is 262 g/mol. The molecule has 0 saturated carbocycles. The Hall–Kier alpha value is -1.74. The predicted molar refractivity (Wildman–Crippen MR) is 70.8 cm³/mol. The third-order valence-electron chi connectivity index (χ3n) is 3.22. The molecule has 0 radical (unpaired) electrons. The van der Waals surface area contributed by atoms with E-state index in [1.165, 1.54) is 18.2 Å². The van der Waals surface area contributed by atoms with E-state index in [0.717, 1.165) is 0 Å². The predicted octanol–water partition coefficient (Wildman–Crippen LogP) is 3.72. The first-order valence-corrected chi connectivity index (χ1v) is 6.12. The van der Waals surface area contributed by atoms with Crippen molar-refractivity contribution in [3.05, 3.63) is 70.8 Å². The smallest absolute Gasteiger partial charge is 0.126 e. The van der Waals surface area contributed by atoms with E-state index in [-0.39, 0.29) is 18.1 Å². The summed E-state index contributed by atoms with van der Waals surface area (Å²) in [4.78, 5) is 0. The number of rotatable bonds is 3. The Balaban J connectivity index is 2.29. The second-order valence-corrected chi connectivity index (χ2v) is 5.04. The van der Waals surface area contributed by atoms with Gasteiger partial charge in [0.1, 0.15) is 11.6 Å². The molecule has 1 N–H and O–H groups in total. The minimum absolute atomic E-state index is 0.274. The molecule has 0 aliphatic carbocycles. The van der Waals surface area contributed by atoms with Crippen molar-refractivity contribution in [3.8, 4) is 0 Å². The van der Waals surface area contributed by atoms with E-state index in [1.54, 1.807) is 38.1 Å². The lowest BCUT2D eigenvalue weighted by molar-refractivity contribution is 0.0574. The lowest BCUT2D eigenvalue weighted by Crippen LogP contribution is -2.24. The molecule has 1 atom stereocenters. The third-order valence-corrected chi connectivity index (χ3v) is 3.22. The highest BCUT2D eigenvalue weighted by atomic mass is 19.1. The van der Waals surface area contributed by atoms with Crippen molar-refractivity contribution < 1.29 is 13.9 Å². The van der Waals surface area contributed by atoms with Crippen LogP contribution in [0.3, 0.4) is 0 Å². The molecule has 2 aromatic carbocycles. The average Bonchev–Trinajstić information content (AvgIpc) is 2.32. The molecule has 0 heterocycles. The zero-order valence-corrected chi connectivity index (χ0v) is 11.0. The van der Waals surface area contributed by atoms with Gasteiger partial charge in [-0.25, -0.2) is 8.78 Å². The summed E-state index contributed by atoms with van der Waals surface area (Å²) in [5.41, 5.74) is 0.645. The van der Waals surface area contributed by atoms with Gasteiger partial charge in [0.25, 0.3) is 0 Å². The van der Waals surface area contributed by atoms with Crippen molar-refractivity contribution in [1.82, 2.24) is 0 Å². The Morgan fingerprint density at radius 3 is 2.47 bits per heavy atom. The van der Waals surface area contributed by atoms with Gasteiger partial charge in [0.15, 0.2) is 0 Å². The van der Waals surface area contributed by atoms with Crippen LogP contribution < -0.4 is 0 Å². The first-order valence-electron chi connectivity index (χ1n) is 6.12. The Morgan fingerprint density at radius 1 is 1.11 bits per heavy atom. The van der Waals surface area contributed by atoms with Gasteiger partial charge in [0.05, 0.1) is 5.60 Å². The summed E-state index contributed by atoms with van der Waals surface area (Å²) in [6, 6.07) is 10.6. The van der Waals surface area contributed by atoms with Crippen LogP contribution in [0.5, 0.6) is 0 Å². The van der Waals surface area contributed by atoms with Gasteiger partial charge < -0.3 is 5.11 Å². The fourth-order valence-corrected chi connectivity index (χ4v) is 2.13. The summed E-state index contributed by atoms with van der Waals surface area (Å²) in [5.74, 6) is -0.631. The molecular formula is C16H16F2O. The maximum absolute atomic E-state index is 13.2. The fourth-order valence-electron chi connectivity index (χ4n) is 2.13. The summed E-state index contributed by atoms with van der Waals surface area (Å²) in [6.07, 6.45) is 0.274. The van der Waals surface area contributed by atoms with Gasteiger partial charge in [-0.2, -0.15) is 0 Å². The third kappa shape index (κ3) is 3.18. The van der Waals surface area contributed by atoms with E-state index in [0.29, 0.717) is 16.7 Å². The zero-order chi connectivity index (χ0) is 14.0. The largest absolute Gasteiger partial charge is 0.385 e. The van der Waals surface area contributed by atoms with Gasteiger partial charge in [0, 0.05) is 6.42 Å². The Kier molecular flexibility index (Phi) is 3.67. The lowest BCUT2D eigenvalue weighted by atomic mass is 9.88. The van der Waals surface area contributed by atoms with Crippen molar-refractivity contribution in [3.63, 3.8) is 0 Å². The van der Waals surface area contributed by atoms with Crippen LogP contribution in [0.2, 0.25) is 0 Å². The van der Waals surface area contributed by atoms with Gasteiger partial charge in [-0.3, -0.25) is 0 Å². The number of hydrogen-bond donors (Lipinski definition) is 1. The number of aliphatic hydroxyl groups is 1. The molecular weight excluding hydrogens is 246 g/mol. The quantitative estimate of drug-likeness (QED) is 0.893. The minimum atomic E-state index is -1.16. The molecule has 3 heteroatoms. The second-order valence-electron chi connectivity index (χ2n) is 5.04. The molecule has 0 aliphatic rings. The summed E-state index contributed by atoms with van der Waals surface area (Å²) in [6.45, 7) is 3.29. The molecule has 0 bridgehead atoms. The van der Waals surface area contributed by atoms with Gasteiger partial charge in [-0.15, -0.1) is 0 Å². The number of hydrogen-bond acceptors (Lipinski definition) is 1. The normalized spacial score (nSPS) is 14.2. The molecule has 0 aliphatic heterocycles. The van der Waals surface area contributed by atoms with Crippen molar-refractivity contribution >= 4 is 0 Å². The number of benzene rings is 2. The molecule has 0 aromatic heterocycles. The van der Waals surface area contributed by atoms with Crippen LogP contribution in [0.1, 0.15) is 23.6 Å². The highest BCUT2D eigenvalue weighted by Crippen LogP contribution is 2.27. The van der Waals surface area contributed by atoms with Crippen molar-refractivity contribution in [2.75, 3.05) is 0 Å². The average molecular weight is 262 g/mol. The standard InChI is InChI=1S/C16H16F2O/c1-11-8-13(6-7-15(11)18)16(2,19)10-12-4-3-5-14(17)9-12/h3-9,19H,10H2,1-2H3. The SMILES string of the molecule is Cc1cc(C(C)(O)Cc2cccc(F)c2)ccc1F. The van der Waals surface area contributed by atoms with Crippen LogP contribution in [0, 0.1) is 18.6 Å². The summed E-state index contributed by atoms with van der Waals surface area (Å²) in [5, 5.41) is 10.5. The van der Waals surface area contributed by atoms with Gasteiger partial charge in [0.2, 0.25) is 0 Å². The van der Waals surface area contributed by atoms with Gasteiger partial charge in [-0.1, -0.05) is 24.3 Å². The van der Waals surface area contributed by atoms with Gasteiger partial charge in [-0.05, 0) is 48.7 Å². The van der Waals surface area contributed by atoms with E-state index in [9.17, 15) is 13.9 Å². The van der Waals surface area contributed by atoms with E-state index in [2.05, 4.69) is 0 Å². The molecule has 100 valence electrons. The van der Waals surface area contributed by atoms with Gasteiger partial charge >= 0.3 is 0 Å². The number of halogens is 2. The topological polar surface area (TPSA) is 20.2 Å². The summed E-state index contributed by atoms with van der Waals surface area (Å²) in [7, 11) is 0. The zero-order valence-electron chi connectivity index (χ0n) is 11.0. The first-order chi connectivity index (χ1) is 8.88. The maximum Gasteiger partial charge on any atom is 0.126 e. The molecule has 2 rings (SSSR count). The van der Waals surface area contributed by atoms with Crippen LogP contribution in [-0.4, -0.2) is 5.11 Å². The van der Waals surface area contributed by atoms with Crippen LogP contribution in [-0.2, 0) is 12.0 Å².